The van der Waals surface area contributed by atoms with Crippen LogP contribution in [0.25, 0.3) is 0 Å². The molecule has 0 spiro atoms. The molecule has 1 rings (SSSR count). The fraction of sp³-hybridized carbons (Fsp3) is 1.00. The van der Waals surface area contributed by atoms with Gasteiger partial charge < -0.3 is 28.8 Å². The molecule has 0 saturated carbocycles. The van der Waals surface area contributed by atoms with Crippen LogP contribution >= 0.6 is 0 Å². The molecule has 0 N–H and O–H groups in total. The van der Waals surface area contributed by atoms with E-state index in [2.05, 4.69) is 145 Å². The van der Waals surface area contributed by atoms with Crippen molar-refractivity contribution in [2.45, 2.75) is 181 Å². The minimum Gasteiger partial charge on any atom is -0.425 e. The number of rotatable bonds is 0. The summed E-state index contributed by atoms with van der Waals surface area (Å²) in [6.45, 7) is 48.2. The lowest BCUT2D eigenvalue weighted by atomic mass is 10.2. The second-order valence-electron chi connectivity index (χ2n) is 19.4. The highest BCUT2D eigenvalue weighted by Crippen LogP contribution is 2.64. The van der Waals surface area contributed by atoms with E-state index in [4.69, 9.17) is 28.8 Å². The van der Waals surface area contributed by atoms with Crippen LogP contribution in [-0.2, 0) is 28.8 Å². The summed E-state index contributed by atoms with van der Waals surface area (Å²) in [5.74, 6) is 0. The first-order valence-corrected chi connectivity index (χ1v) is 26.2. The van der Waals surface area contributed by atoms with Crippen molar-refractivity contribution >= 4 is 65.0 Å². The van der Waals surface area contributed by atoms with Gasteiger partial charge in [0.1, 0.15) is 0 Å². The van der Waals surface area contributed by atoms with Crippen molar-refractivity contribution < 1.29 is 28.8 Å². The van der Waals surface area contributed by atoms with E-state index in [9.17, 15) is 0 Å². The van der Waals surface area contributed by atoms with Crippen molar-refractivity contribution in [3.63, 3.8) is 0 Å². The Labute approximate surface area is 273 Å². The predicted octanol–water partition coefficient (Wildman–Crippen LogP) is 7.26. The SMILES string of the molecule is CC(C)(C)[SiH]1O[SiH2]O[SiH2]O[SiH2]O[Si](C(C)(C)C)(C(C)(C)C)O[Si](C(C)(C)C)(C(C)(C)C)O[Si](C(C)(C)C)(C(C)(C)C)O1. The fourth-order valence-corrected chi connectivity index (χ4v) is 45.9. The van der Waals surface area contributed by atoms with E-state index in [1.807, 2.05) is 0 Å². The summed E-state index contributed by atoms with van der Waals surface area (Å²) in [6, 6.07) is 0. The van der Waals surface area contributed by atoms with Crippen LogP contribution < -0.4 is 0 Å². The smallest absolute Gasteiger partial charge is 0.331 e. The first-order chi connectivity index (χ1) is 18.2. The Morgan fingerprint density at radius 3 is 1.07 bits per heavy atom. The molecule has 0 radical (unpaired) electrons. The molecule has 1 aliphatic rings. The average molecular weight is 715 g/mol. The molecular weight excluding hydrogens is 645 g/mol. The van der Waals surface area contributed by atoms with Crippen LogP contribution in [0.15, 0.2) is 0 Å². The van der Waals surface area contributed by atoms with Gasteiger partial charge in [-0.05, 0) is 0 Å². The molecule has 1 heterocycles. The van der Waals surface area contributed by atoms with Gasteiger partial charge in [0, 0.05) is 35.3 Å². The van der Waals surface area contributed by atoms with Crippen molar-refractivity contribution in [1.29, 1.82) is 0 Å². The zero-order valence-electron chi connectivity index (χ0n) is 31.6. The first-order valence-electron chi connectivity index (χ1n) is 15.7. The van der Waals surface area contributed by atoms with Crippen LogP contribution in [0.1, 0.15) is 145 Å². The minimum absolute atomic E-state index is 0.143. The predicted molar refractivity (Wildman–Crippen MR) is 196 cm³/mol. The molecule has 0 aliphatic carbocycles. The summed E-state index contributed by atoms with van der Waals surface area (Å²) in [4.78, 5) is 0. The van der Waals surface area contributed by atoms with Crippen molar-refractivity contribution in [3.8, 4) is 0 Å². The Kier molecular flexibility index (Phi) is 12.8. The standard InChI is InChI=1S/C28H70O7Si7/c1-22(2,3)39-31-37-29-36-30-38-32-40(23(4,5)6,24(7,8)9)34-42(27(16,17)18,28(19,20)21)35-41(33-39,25(10,11)12)26(13,14)15/h39H,36-38H2,1-21H3. The lowest BCUT2D eigenvalue weighted by Crippen LogP contribution is -2.75. The van der Waals surface area contributed by atoms with E-state index in [1.165, 1.54) is 0 Å². The van der Waals surface area contributed by atoms with Crippen LogP contribution in [0.3, 0.4) is 0 Å². The molecule has 0 bridgehead atoms. The summed E-state index contributed by atoms with van der Waals surface area (Å²) in [6.07, 6.45) is 0. The maximum Gasteiger partial charge on any atom is 0.331 e. The minimum atomic E-state index is -3.29. The summed E-state index contributed by atoms with van der Waals surface area (Å²) in [7, 11) is -15.7. The van der Waals surface area contributed by atoms with Gasteiger partial charge in [-0.25, -0.2) is 0 Å². The maximum atomic E-state index is 8.20. The molecule has 1 saturated heterocycles. The van der Waals surface area contributed by atoms with Gasteiger partial charge in [-0.1, -0.05) is 145 Å². The third kappa shape index (κ3) is 8.38. The van der Waals surface area contributed by atoms with Gasteiger partial charge in [-0.15, -0.1) is 0 Å². The van der Waals surface area contributed by atoms with Crippen LogP contribution in [0.4, 0.5) is 0 Å². The third-order valence-electron chi connectivity index (χ3n) is 8.29. The zero-order chi connectivity index (χ0) is 33.6. The largest absolute Gasteiger partial charge is 0.425 e. The quantitative estimate of drug-likeness (QED) is 0.245. The van der Waals surface area contributed by atoms with E-state index in [0.717, 1.165) is 0 Å². The summed E-state index contributed by atoms with van der Waals surface area (Å²) in [5.41, 5.74) is 0. The topological polar surface area (TPSA) is 64.6 Å². The molecule has 1 unspecified atom stereocenters. The summed E-state index contributed by atoms with van der Waals surface area (Å²) < 4.78 is 50.2. The highest BCUT2D eigenvalue weighted by atomic mass is 28.5. The van der Waals surface area contributed by atoms with Gasteiger partial charge >= 0.3 is 35.0 Å². The van der Waals surface area contributed by atoms with Crippen LogP contribution in [-0.4, -0.2) is 65.0 Å². The Balaban J connectivity index is 4.44. The number of hydrogen-bond acceptors (Lipinski definition) is 7. The lowest BCUT2D eigenvalue weighted by Gasteiger charge is -2.63. The van der Waals surface area contributed by atoms with Gasteiger partial charge in [0.25, 0.3) is 30.0 Å². The van der Waals surface area contributed by atoms with Gasteiger partial charge in [-0.2, -0.15) is 0 Å². The third-order valence-corrected chi connectivity index (χ3v) is 34.9. The van der Waals surface area contributed by atoms with Crippen LogP contribution in [0, 0.1) is 0 Å². The monoisotopic (exact) mass is 714 g/mol. The van der Waals surface area contributed by atoms with Gasteiger partial charge in [-0.3, -0.25) is 0 Å². The van der Waals surface area contributed by atoms with E-state index in [1.54, 1.807) is 0 Å². The molecule has 1 atom stereocenters. The van der Waals surface area contributed by atoms with Gasteiger partial charge in [0.15, 0.2) is 0 Å². The Morgan fingerprint density at radius 1 is 0.405 bits per heavy atom. The second kappa shape index (κ2) is 13.0. The van der Waals surface area contributed by atoms with Crippen molar-refractivity contribution in [2.75, 3.05) is 0 Å². The molecular formula is C28H70O7Si7. The zero-order valence-corrected chi connectivity index (χ0v) is 40.0. The molecule has 1 fully saturated rings. The number of hydrogen-bond donors (Lipinski definition) is 0. The Hall–Kier alpha value is 1.24. The van der Waals surface area contributed by atoms with Crippen molar-refractivity contribution in [3.05, 3.63) is 0 Å². The van der Waals surface area contributed by atoms with E-state index in [-0.39, 0.29) is 35.3 Å². The van der Waals surface area contributed by atoms with Crippen LogP contribution in [0.5, 0.6) is 0 Å². The molecule has 1 aliphatic heterocycles. The maximum absolute atomic E-state index is 8.20. The molecule has 0 aromatic rings. The van der Waals surface area contributed by atoms with Crippen LogP contribution in [0.2, 0.25) is 35.3 Å². The summed E-state index contributed by atoms with van der Waals surface area (Å²) in [5, 5.41) is -1.77. The van der Waals surface area contributed by atoms with Gasteiger partial charge in [0.2, 0.25) is 0 Å². The molecule has 42 heavy (non-hydrogen) atoms. The average Bonchev–Trinajstić information content (AvgIpc) is 2.68. The van der Waals surface area contributed by atoms with Crippen molar-refractivity contribution in [1.82, 2.24) is 0 Å². The molecule has 14 heteroatoms. The Morgan fingerprint density at radius 2 is 0.738 bits per heavy atom. The molecule has 7 nitrogen and oxygen atoms in total. The fourth-order valence-electron chi connectivity index (χ4n) is 6.84. The summed E-state index contributed by atoms with van der Waals surface area (Å²) >= 11 is 0. The highest BCUT2D eigenvalue weighted by Gasteiger charge is 2.73. The molecule has 0 aromatic heterocycles. The first kappa shape index (κ1) is 41.3. The molecule has 252 valence electrons. The molecule has 0 amide bonds. The van der Waals surface area contributed by atoms with Crippen molar-refractivity contribution in [2.24, 2.45) is 0 Å². The second-order valence-corrected chi connectivity index (χ2v) is 43.6. The van der Waals surface area contributed by atoms with E-state index >= 15 is 0 Å². The van der Waals surface area contributed by atoms with E-state index < -0.39 is 65.0 Å². The normalized spacial score (nSPS) is 26.4. The molecule has 0 aromatic carbocycles. The Bertz CT molecular complexity index is 842. The van der Waals surface area contributed by atoms with E-state index in [0.29, 0.717) is 0 Å². The van der Waals surface area contributed by atoms with Gasteiger partial charge in [0.05, 0.1) is 0 Å². The lowest BCUT2D eigenvalue weighted by molar-refractivity contribution is 0.167. The highest BCUT2D eigenvalue weighted by molar-refractivity contribution is 6.94.